The minimum Gasteiger partial charge on any atom is -0.490 e. The fourth-order valence-electron chi connectivity index (χ4n) is 3.06. The van der Waals surface area contributed by atoms with Crippen molar-refractivity contribution in [1.29, 1.82) is 0 Å². The number of benzene rings is 2. The van der Waals surface area contributed by atoms with Gasteiger partial charge in [0.05, 0.1) is 11.1 Å². The second-order valence-corrected chi connectivity index (χ2v) is 7.61. The van der Waals surface area contributed by atoms with Crippen LogP contribution in [0.2, 0.25) is 0 Å². The molecular formula is C23H33BrN2O2. The van der Waals surface area contributed by atoms with E-state index in [1.54, 1.807) is 0 Å². The van der Waals surface area contributed by atoms with Gasteiger partial charge in [-0.3, -0.25) is 0 Å². The van der Waals surface area contributed by atoms with Crippen molar-refractivity contribution >= 4 is 15.9 Å². The average molecular weight is 449 g/mol. The quantitative estimate of drug-likeness (QED) is 0.454. The molecule has 28 heavy (non-hydrogen) atoms. The van der Waals surface area contributed by atoms with Gasteiger partial charge >= 0.3 is 0 Å². The van der Waals surface area contributed by atoms with Crippen LogP contribution in [0, 0.1) is 6.92 Å². The average Bonchev–Trinajstić information content (AvgIpc) is 2.69. The van der Waals surface area contributed by atoms with Crippen LogP contribution >= 0.6 is 15.9 Å². The molecule has 5 heteroatoms. The Hall–Kier alpha value is -1.56. The molecule has 0 aliphatic carbocycles. The molecule has 0 saturated heterocycles. The number of rotatable bonds is 12. The van der Waals surface area contributed by atoms with E-state index in [0.717, 1.165) is 48.7 Å². The molecule has 0 amide bonds. The van der Waals surface area contributed by atoms with Crippen LogP contribution < -0.4 is 14.8 Å². The van der Waals surface area contributed by atoms with Gasteiger partial charge in [0.25, 0.3) is 0 Å². The van der Waals surface area contributed by atoms with Gasteiger partial charge in [-0.15, -0.1) is 0 Å². The van der Waals surface area contributed by atoms with Crippen molar-refractivity contribution in [3.8, 4) is 11.5 Å². The SMILES string of the molecule is CCOc1cc(CNCCN(CC)CC)cc(Br)c1OCc1ccccc1C. The molecule has 2 rings (SSSR count). The van der Waals surface area contributed by atoms with Crippen LogP contribution in [0.3, 0.4) is 0 Å². The van der Waals surface area contributed by atoms with Crippen LogP contribution in [0.4, 0.5) is 0 Å². The number of hydrogen-bond acceptors (Lipinski definition) is 4. The third-order valence-corrected chi connectivity index (χ3v) is 5.42. The molecule has 154 valence electrons. The number of likely N-dealkylation sites (N-methyl/N-ethyl adjacent to an activating group) is 1. The monoisotopic (exact) mass is 448 g/mol. The second kappa shape index (κ2) is 12.1. The lowest BCUT2D eigenvalue weighted by molar-refractivity contribution is 0.267. The Morgan fingerprint density at radius 2 is 1.79 bits per heavy atom. The van der Waals surface area contributed by atoms with Crippen LogP contribution in [-0.2, 0) is 13.2 Å². The zero-order valence-corrected chi connectivity index (χ0v) is 19.1. The van der Waals surface area contributed by atoms with Crippen molar-refractivity contribution in [2.45, 2.75) is 40.8 Å². The van der Waals surface area contributed by atoms with E-state index in [1.807, 2.05) is 19.1 Å². The number of aryl methyl sites for hydroxylation is 1. The van der Waals surface area contributed by atoms with Crippen molar-refractivity contribution in [3.63, 3.8) is 0 Å². The van der Waals surface area contributed by atoms with Crippen molar-refractivity contribution < 1.29 is 9.47 Å². The summed E-state index contributed by atoms with van der Waals surface area (Å²) in [5, 5.41) is 3.52. The molecular weight excluding hydrogens is 416 g/mol. The van der Waals surface area contributed by atoms with Crippen LogP contribution in [-0.4, -0.2) is 37.7 Å². The summed E-state index contributed by atoms with van der Waals surface area (Å²) in [6, 6.07) is 12.5. The summed E-state index contributed by atoms with van der Waals surface area (Å²) in [4.78, 5) is 2.41. The summed E-state index contributed by atoms with van der Waals surface area (Å²) in [5.41, 5.74) is 3.59. The third kappa shape index (κ3) is 6.80. The van der Waals surface area contributed by atoms with Crippen LogP contribution in [0.5, 0.6) is 11.5 Å². The van der Waals surface area contributed by atoms with Crippen LogP contribution in [0.1, 0.15) is 37.5 Å². The van der Waals surface area contributed by atoms with E-state index in [1.165, 1.54) is 16.7 Å². The number of nitrogens with one attached hydrogen (secondary N) is 1. The van der Waals surface area contributed by atoms with Crippen molar-refractivity contribution in [2.75, 3.05) is 32.8 Å². The third-order valence-electron chi connectivity index (χ3n) is 4.83. The number of ether oxygens (including phenoxy) is 2. The van der Waals surface area contributed by atoms with E-state index in [-0.39, 0.29) is 0 Å². The standard InChI is InChI=1S/C23H33BrN2O2/c1-5-26(6-2)13-12-25-16-19-14-21(24)23(22(15-19)27-7-3)28-17-20-11-9-8-10-18(20)4/h8-11,14-15,25H,5-7,12-13,16-17H2,1-4H3. The zero-order chi connectivity index (χ0) is 20.4. The summed E-state index contributed by atoms with van der Waals surface area (Å²) in [6.45, 7) is 14.6. The molecule has 0 bridgehead atoms. The molecule has 0 aliphatic rings. The fourth-order valence-corrected chi connectivity index (χ4v) is 3.66. The van der Waals surface area contributed by atoms with Gasteiger partial charge in [-0.1, -0.05) is 38.1 Å². The molecule has 2 aromatic carbocycles. The minimum absolute atomic E-state index is 0.521. The lowest BCUT2D eigenvalue weighted by atomic mass is 10.1. The van der Waals surface area contributed by atoms with Crippen LogP contribution in [0.25, 0.3) is 0 Å². The van der Waals surface area contributed by atoms with Gasteiger partial charge in [-0.2, -0.15) is 0 Å². The first-order chi connectivity index (χ1) is 13.6. The Morgan fingerprint density at radius 1 is 1.04 bits per heavy atom. The highest BCUT2D eigenvalue weighted by molar-refractivity contribution is 9.10. The van der Waals surface area contributed by atoms with Gasteiger partial charge in [-0.25, -0.2) is 0 Å². The largest absolute Gasteiger partial charge is 0.490 e. The highest BCUT2D eigenvalue weighted by atomic mass is 79.9. The van der Waals surface area contributed by atoms with Crippen molar-refractivity contribution in [3.05, 3.63) is 57.6 Å². The Bertz CT molecular complexity index is 733. The Kier molecular flexibility index (Phi) is 9.82. The van der Waals surface area contributed by atoms with Gasteiger partial charge in [0.15, 0.2) is 11.5 Å². The molecule has 0 heterocycles. The lowest BCUT2D eigenvalue weighted by Crippen LogP contribution is -2.31. The number of nitrogens with zero attached hydrogens (tertiary/aromatic N) is 1. The molecule has 1 N–H and O–H groups in total. The molecule has 0 radical (unpaired) electrons. The summed E-state index contributed by atoms with van der Waals surface area (Å²) in [5.74, 6) is 1.54. The van der Waals surface area contributed by atoms with Crippen molar-refractivity contribution in [2.24, 2.45) is 0 Å². The zero-order valence-electron chi connectivity index (χ0n) is 17.6. The maximum absolute atomic E-state index is 6.13. The molecule has 0 aromatic heterocycles. The highest BCUT2D eigenvalue weighted by Crippen LogP contribution is 2.37. The van der Waals surface area contributed by atoms with E-state index in [2.05, 4.69) is 71.2 Å². The summed E-state index contributed by atoms with van der Waals surface area (Å²) in [7, 11) is 0. The fraction of sp³-hybridized carbons (Fsp3) is 0.478. The molecule has 0 spiro atoms. The van der Waals surface area contributed by atoms with Gasteiger partial charge in [-0.05, 0) is 71.7 Å². The van der Waals surface area contributed by atoms with Crippen molar-refractivity contribution in [1.82, 2.24) is 10.2 Å². The minimum atomic E-state index is 0.521. The van der Waals surface area contributed by atoms with E-state index in [4.69, 9.17) is 9.47 Å². The first-order valence-corrected chi connectivity index (χ1v) is 10.9. The van der Waals surface area contributed by atoms with Gasteiger partial charge in [0, 0.05) is 19.6 Å². The van der Waals surface area contributed by atoms with E-state index in [9.17, 15) is 0 Å². The normalized spacial score (nSPS) is 11.1. The topological polar surface area (TPSA) is 33.7 Å². The molecule has 0 fully saturated rings. The summed E-state index contributed by atoms with van der Waals surface area (Å²) in [6.07, 6.45) is 0. The maximum atomic E-state index is 6.13. The first-order valence-electron chi connectivity index (χ1n) is 10.1. The maximum Gasteiger partial charge on any atom is 0.175 e. The van der Waals surface area contributed by atoms with Gasteiger partial charge in [0.1, 0.15) is 6.61 Å². The lowest BCUT2D eigenvalue weighted by Gasteiger charge is -2.19. The predicted octanol–water partition coefficient (Wildman–Crippen LogP) is 5.17. The van der Waals surface area contributed by atoms with E-state index >= 15 is 0 Å². The van der Waals surface area contributed by atoms with E-state index < -0.39 is 0 Å². The molecule has 0 saturated carbocycles. The van der Waals surface area contributed by atoms with E-state index in [0.29, 0.717) is 13.2 Å². The molecule has 4 nitrogen and oxygen atoms in total. The Morgan fingerprint density at radius 3 is 2.46 bits per heavy atom. The van der Waals surface area contributed by atoms with Gasteiger partial charge in [0.2, 0.25) is 0 Å². The number of hydrogen-bond donors (Lipinski definition) is 1. The Balaban J connectivity index is 2.03. The Labute approximate surface area is 178 Å². The molecule has 0 unspecified atom stereocenters. The first kappa shape index (κ1) is 22.7. The van der Waals surface area contributed by atoms with Gasteiger partial charge < -0.3 is 19.7 Å². The molecule has 0 atom stereocenters. The molecule has 2 aromatic rings. The van der Waals surface area contributed by atoms with Crippen LogP contribution in [0.15, 0.2) is 40.9 Å². The second-order valence-electron chi connectivity index (χ2n) is 6.76. The predicted molar refractivity (Wildman–Crippen MR) is 120 cm³/mol. The summed E-state index contributed by atoms with van der Waals surface area (Å²) < 4.78 is 12.9. The molecule has 0 aliphatic heterocycles. The highest BCUT2D eigenvalue weighted by Gasteiger charge is 2.13. The summed E-state index contributed by atoms with van der Waals surface area (Å²) >= 11 is 3.67. The number of halogens is 1. The smallest absolute Gasteiger partial charge is 0.175 e.